The van der Waals surface area contributed by atoms with E-state index in [1.807, 2.05) is 48.8 Å². The molecule has 2 aromatic heterocycles. The summed E-state index contributed by atoms with van der Waals surface area (Å²) in [7, 11) is 0. The van der Waals surface area contributed by atoms with Crippen LogP contribution in [-0.2, 0) is 6.42 Å². The first-order valence-electron chi connectivity index (χ1n) is 7.78. The lowest BCUT2D eigenvalue weighted by Crippen LogP contribution is -2.05. The number of aryl methyl sites for hydroxylation is 1. The van der Waals surface area contributed by atoms with Crippen molar-refractivity contribution in [2.24, 2.45) is 0 Å². The molecule has 0 amide bonds. The van der Waals surface area contributed by atoms with Crippen LogP contribution in [0.15, 0.2) is 30.5 Å². The van der Waals surface area contributed by atoms with Crippen LogP contribution in [0.5, 0.6) is 5.75 Å². The second kappa shape index (κ2) is 6.48. The first kappa shape index (κ1) is 15.0. The van der Waals surface area contributed by atoms with Crippen LogP contribution in [0, 0.1) is 0 Å². The molecule has 4 nitrogen and oxygen atoms in total. The summed E-state index contributed by atoms with van der Waals surface area (Å²) in [6.07, 6.45) is 5.61. The standard InChI is InChI=1S/C17H21N3OS/c1-4-5-6-16-19-20-11-15(18-17(20)22-16)13-7-9-14(10-8-13)21-12(2)3/h7-12H,4-6H2,1-3H3. The van der Waals surface area contributed by atoms with Gasteiger partial charge in [0.15, 0.2) is 0 Å². The van der Waals surface area contributed by atoms with Crippen molar-refractivity contribution in [2.45, 2.75) is 46.1 Å². The molecular weight excluding hydrogens is 294 g/mol. The third-order valence-electron chi connectivity index (χ3n) is 3.35. The fourth-order valence-electron chi connectivity index (χ4n) is 2.29. The Morgan fingerprint density at radius 2 is 2.00 bits per heavy atom. The molecule has 116 valence electrons. The van der Waals surface area contributed by atoms with E-state index in [4.69, 9.17) is 4.74 Å². The van der Waals surface area contributed by atoms with Crippen LogP contribution in [-0.4, -0.2) is 20.7 Å². The molecule has 0 radical (unpaired) electrons. The highest BCUT2D eigenvalue weighted by atomic mass is 32.1. The third kappa shape index (κ3) is 3.30. The summed E-state index contributed by atoms with van der Waals surface area (Å²) >= 11 is 1.68. The van der Waals surface area contributed by atoms with Crippen molar-refractivity contribution < 1.29 is 4.74 Å². The van der Waals surface area contributed by atoms with Gasteiger partial charge in [0.25, 0.3) is 0 Å². The first-order valence-corrected chi connectivity index (χ1v) is 8.59. The number of hydrogen-bond donors (Lipinski definition) is 0. The average molecular weight is 315 g/mol. The lowest BCUT2D eigenvalue weighted by atomic mass is 10.1. The van der Waals surface area contributed by atoms with E-state index in [-0.39, 0.29) is 6.10 Å². The number of aromatic nitrogens is 3. The fraction of sp³-hybridized carbons (Fsp3) is 0.412. The Balaban J connectivity index is 1.79. The van der Waals surface area contributed by atoms with Crippen LogP contribution < -0.4 is 4.74 Å². The SMILES string of the molecule is CCCCc1nn2cc(-c3ccc(OC(C)C)cc3)nc2s1. The molecule has 0 atom stereocenters. The number of imidazole rings is 1. The Kier molecular flexibility index (Phi) is 4.43. The topological polar surface area (TPSA) is 39.4 Å². The second-order valence-corrected chi connectivity index (χ2v) is 6.68. The van der Waals surface area contributed by atoms with Crippen molar-refractivity contribution in [3.05, 3.63) is 35.5 Å². The molecule has 1 aromatic carbocycles. The van der Waals surface area contributed by atoms with E-state index in [1.54, 1.807) is 11.3 Å². The molecule has 0 spiro atoms. The van der Waals surface area contributed by atoms with Crippen LogP contribution in [0.3, 0.4) is 0 Å². The Hall–Kier alpha value is -1.88. The molecule has 0 bridgehead atoms. The summed E-state index contributed by atoms with van der Waals surface area (Å²) in [4.78, 5) is 5.64. The van der Waals surface area contributed by atoms with E-state index >= 15 is 0 Å². The zero-order chi connectivity index (χ0) is 15.5. The molecule has 0 aliphatic carbocycles. The quantitative estimate of drug-likeness (QED) is 0.668. The van der Waals surface area contributed by atoms with Gasteiger partial charge in [0.2, 0.25) is 4.96 Å². The number of benzene rings is 1. The molecule has 0 fully saturated rings. The van der Waals surface area contributed by atoms with Gasteiger partial charge in [-0.2, -0.15) is 5.10 Å². The molecule has 0 saturated carbocycles. The van der Waals surface area contributed by atoms with Gasteiger partial charge < -0.3 is 4.74 Å². The van der Waals surface area contributed by atoms with E-state index < -0.39 is 0 Å². The van der Waals surface area contributed by atoms with E-state index in [0.717, 1.165) is 33.4 Å². The van der Waals surface area contributed by atoms with Crippen LogP contribution in [0.2, 0.25) is 0 Å². The van der Waals surface area contributed by atoms with Crippen molar-refractivity contribution in [3.8, 4) is 17.0 Å². The molecule has 2 heterocycles. The lowest BCUT2D eigenvalue weighted by molar-refractivity contribution is 0.242. The summed E-state index contributed by atoms with van der Waals surface area (Å²) < 4.78 is 7.56. The predicted octanol–water partition coefficient (Wildman–Crippen LogP) is 4.59. The molecule has 0 aliphatic rings. The number of rotatable bonds is 6. The smallest absolute Gasteiger partial charge is 0.212 e. The maximum absolute atomic E-state index is 5.67. The number of nitrogens with zero attached hydrogens (tertiary/aromatic N) is 3. The summed E-state index contributed by atoms with van der Waals surface area (Å²) in [5.41, 5.74) is 2.04. The Labute approximate surface area is 134 Å². The van der Waals surface area contributed by atoms with E-state index in [0.29, 0.717) is 0 Å². The minimum Gasteiger partial charge on any atom is -0.491 e. The van der Waals surface area contributed by atoms with Gasteiger partial charge in [-0.05, 0) is 44.5 Å². The molecule has 3 aromatic rings. The highest BCUT2D eigenvalue weighted by Crippen LogP contribution is 2.25. The number of ether oxygens (including phenoxy) is 1. The van der Waals surface area contributed by atoms with E-state index in [1.165, 1.54) is 12.8 Å². The molecule has 22 heavy (non-hydrogen) atoms. The summed E-state index contributed by atoms with van der Waals surface area (Å²) in [6.45, 7) is 6.25. The van der Waals surface area contributed by atoms with Crippen LogP contribution in [0.1, 0.15) is 38.6 Å². The first-order chi connectivity index (χ1) is 10.7. The molecule has 0 N–H and O–H groups in total. The third-order valence-corrected chi connectivity index (χ3v) is 4.33. The summed E-state index contributed by atoms with van der Waals surface area (Å²) in [5, 5.41) is 5.76. The van der Waals surface area contributed by atoms with Gasteiger partial charge >= 0.3 is 0 Å². The molecule has 0 saturated heterocycles. The van der Waals surface area contributed by atoms with Gasteiger partial charge in [0.05, 0.1) is 18.0 Å². The normalized spacial score (nSPS) is 11.5. The van der Waals surface area contributed by atoms with Crippen LogP contribution in [0.4, 0.5) is 0 Å². The van der Waals surface area contributed by atoms with Gasteiger partial charge in [0, 0.05) is 12.0 Å². The predicted molar refractivity (Wildman–Crippen MR) is 90.7 cm³/mol. The highest BCUT2D eigenvalue weighted by molar-refractivity contribution is 7.16. The zero-order valence-corrected chi connectivity index (χ0v) is 14.1. The van der Waals surface area contributed by atoms with E-state index in [2.05, 4.69) is 17.0 Å². The largest absolute Gasteiger partial charge is 0.491 e. The van der Waals surface area contributed by atoms with E-state index in [9.17, 15) is 0 Å². The van der Waals surface area contributed by atoms with Crippen molar-refractivity contribution in [3.63, 3.8) is 0 Å². The fourth-order valence-corrected chi connectivity index (χ4v) is 3.20. The molecule has 0 aliphatic heterocycles. The van der Waals surface area contributed by atoms with Gasteiger partial charge in [0.1, 0.15) is 10.8 Å². The molecule has 3 rings (SSSR count). The molecule has 5 heteroatoms. The van der Waals surface area contributed by atoms with Crippen molar-refractivity contribution in [1.29, 1.82) is 0 Å². The van der Waals surface area contributed by atoms with Gasteiger partial charge in [-0.15, -0.1) is 0 Å². The van der Waals surface area contributed by atoms with Crippen LogP contribution in [0.25, 0.3) is 16.2 Å². The monoisotopic (exact) mass is 315 g/mol. The second-order valence-electron chi connectivity index (χ2n) is 5.64. The number of unbranched alkanes of at least 4 members (excludes halogenated alkanes) is 1. The van der Waals surface area contributed by atoms with Crippen molar-refractivity contribution in [2.75, 3.05) is 0 Å². The van der Waals surface area contributed by atoms with Crippen molar-refractivity contribution >= 4 is 16.3 Å². The van der Waals surface area contributed by atoms with Crippen LogP contribution >= 0.6 is 11.3 Å². The maximum Gasteiger partial charge on any atom is 0.212 e. The number of hydrogen-bond acceptors (Lipinski definition) is 4. The number of fused-ring (bicyclic) bond motifs is 1. The lowest BCUT2D eigenvalue weighted by Gasteiger charge is -2.09. The highest BCUT2D eigenvalue weighted by Gasteiger charge is 2.09. The van der Waals surface area contributed by atoms with Gasteiger partial charge in [-0.25, -0.2) is 9.50 Å². The minimum atomic E-state index is 0.189. The summed E-state index contributed by atoms with van der Waals surface area (Å²) in [6, 6.07) is 8.07. The maximum atomic E-state index is 5.67. The van der Waals surface area contributed by atoms with Gasteiger partial charge in [-0.3, -0.25) is 0 Å². The van der Waals surface area contributed by atoms with Crippen molar-refractivity contribution in [1.82, 2.24) is 14.6 Å². The Bertz CT molecular complexity index is 711. The minimum absolute atomic E-state index is 0.189. The Morgan fingerprint density at radius 1 is 1.23 bits per heavy atom. The van der Waals surface area contributed by atoms with Gasteiger partial charge in [-0.1, -0.05) is 24.7 Å². The average Bonchev–Trinajstić information content (AvgIpc) is 3.03. The summed E-state index contributed by atoms with van der Waals surface area (Å²) in [5.74, 6) is 0.889. The Morgan fingerprint density at radius 3 is 2.64 bits per heavy atom. The zero-order valence-electron chi connectivity index (χ0n) is 13.2. The molecule has 0 unspecified atom stereocenters. The molecular formula is C17H21N3OS.